The van der Waals surface area contributed by atoms with Gasteiger partial charge in [0.25, 0.3) is 0 Å². The van der Waals surface area contributed by atoms with Crippen molar-refractivity contribution in [1.29, 1.82) is 5.26 Å². The van der Waals surface area contributed by atoms with Crippen LogP contribution in [0.2, 0.25) is 10.0 Å². The van der Waals surface area contributed by atoms with Gasteiger partial charge < -0.3 is 9.84 Å². The molecule has 2 heterocycles. The Morgan fingerprint density at radius 2 is 1.97 bits per heavy atom. The highest BCUT2D eigenvalue weighted by molar-refractivity contribution is 8.02. The van der Waals surface area contributed by atoms with Gasteiger partial charge in [-0.2, -0.15) is 23.5 Å². The number of hydrogen-bond acceptors (Lipinski definition) is 7. The molecule has 2 aromatic carbocycles. The van der Waals surface area contributed by atoms with Crippen molar-refractivity contribution < 1.29 is 27.8 Å². The number of aliphatic hydroxyl groups is 1. The summed E-state index contributed by atoms with van der Waals surface area (Å²) in [6.45, 7) is 1.40. The molecular formula is C23H17Cl2F3N4O3S. The van der Waals surface area contributed by atoms with E-state index < -0.39 is 34.2 Å². The Kier molecular flexibility index (Phi) is 7.00. The van der Waals surface area contributed by atoms with Crippen LogP contribution in [0.5, 0.6) is 0 Å². The zero-order valence-electron chi connectivity index (χ0n) is 18.5. The highest BCUT2D eigenvalue weighted by Gasteiger charge is 2.69. The second-order valence-corrected chi connectivity index (χ2v) is 10.3. The summed E-state index contributed by atoms with van der Waals surface area (Å²) in [7, 11) is 0. The maximum absolute atomic E-state index is 14.8. The normalized spacial score (nSPS) is 23.9. The summed E-state index contributed by atoms with van der Waals surface area (Å²) < 4.78 is 48.0. The first-order chi connectivity index (χ1) is 16.9. The minimum Gasteiger partial charge on any atom is -0.465 e. The molecule has 4 rings (SSSR count). The highest BCUT2D eigenvalue weighted by atomic mass is 35.5. The Bertz CT molecular complexity index is 1330. The number of alkyl halides is 3. The van der Waals surface area contributed by atoms with Crippen LogP contribution in [0.25, 0.3) is 5.69 Å². The summed E-state index contributed by atoms with van der Waals surface area (Å²) in [6.07, 6.45) is -3.29. The van der Waals surface area contributed by atoms with Gasteiger partial charge in [0.2, 0.25) is 0 Å². The third-order valence-electron chi connectivity index (χ3n) is 5.84. The van der Waals surface area contributed by atoms with Crippen molar-refractivity contribution in [1.82, 2.24) is 14.8 Å². The number of benzene rings is 2. The van der Waals surface area contributed by atoms with Gasteiger partial charge in [-0.1, -0.05) is 29.3 Å². The maximum Gasteiger partial charge on any atom is 0.407 e. The van der Waals surface area contributed by atoms with E-state index >= 15 is 0 Å². The predicted molar refractivity (Wildman–Crippen MR) is 127 cm³/mol. The molecule has 1 aliphatic heterocycles. The summed E-state index contributed by atoms with van der Waals surface area (Å²) in [4.78, 5) is 16.7. The van der Waals surface area contributed by atoms with Crippen LogP contribution in [-0.2, 0) is 19.9 Å². The van der Waals surface area contributed by atoms with Gasteiger partial charge >= 0.3 is 12.1 Å². The summed E-state index contributed by atoms with van der Waals surface area (Å²) in [5.41, 5.74) is -2.44. The van der Waals surface area contributed by atoms with Crippen molar-refractivity contribution in [2.45, 2.75) is 35.1 Å². The van der Waals surface area contributed by atoms with Gasteiger partial charge in [0, 0.05) is 16.5 Å². The molecule has 36 heavy (non-hydrogen) atoms. The van der Waals surface area contributed by atoms with Gasteiger partial charge in [-0.25, -0.2) is 9.67 Å². The van der Waals surface area contributed by atoms with E-state index in [9.17, 15) is 28.3 Å². The van der Waals surface area contributed by atoms with Crippen LogP contribution in [0, 0.1) is 11.3 Å². The van der Waals surface area contributed by atoms with E-state index in [0.717, 1.165) is 12.1 Å². The Labute approximate surface area is 217 Å². The lowest BCUT2D eigenvalue weighted by Gasteiger charge is -2.33. The van der Waals surface area contributed by atoms with Gasteiger partial charge in [-0.3, -0.25) is 4.79 Å². The number of aromatic nitrogens is 3. The molecule has 1 aromatic heterocycles. The van der Waals surface area contributed by atoms with Crippen LogP contribution in [0.3, 0.4) is 0 Å². The van der Waals surface area contributed by atoms with E-state index in [-0.39, 0.29) is 45.1 Å². The number of hydrogen-bond donors (Lipinski definition) is 1. The summed E-state index contributed by atoms with van der Waals surface area (Å²) in [5, 5.41) is 23.7. The number of carbonyl (C=O) groups is 1. The average Bonchev–Trinajstić information content (AvgIpc) is 3.45. The Balaban J connectivity index is 1.92. The molecule has 1 saturated heterocycles. The number of esters is 1. The van der Waals surface area contributed by atoms with E-state index in [1.165, 1.54) is 48.5 Å². The topological polar surface area (TPSA) is 101 Å². The first-order valence-electron chi connectivity index (χ1n) is 10.4. The van der Waals surface area contributed by atoms with E-state index in [2.05, 4.69) is 10.1 Å². The number of ether oxygens (including phenoxy) is 1. The molecule has 3 unspecified atom stereocenters. The monoisotopic (exact) mass is 556 g/mol. The molecule has 13 heteroatoms. The molecule has 1 aliphatic rings. The van der Waals surface area contributed by atoms with Crippen molar-refractivity contribution >= 4 is 40.9 Å². The number of halogens is 5. The van der Waals surface area contributed by atoms with Crippen LogP contribution in [0.15, 0.2) is 49.1 Å². The van der Waals surface area contributed by atoms with Gasteiger partial charge in [0.05, 0.1) is 17.9 Å². The fourth-order valence-corrected chi connectivity index (χ4v) is 6.44. The van der Waals surface area contributed by atoms with Crippen LogP contribution in [0.4, 0.5) is 13.2 Å². The molecule has 0 spiro atoms. The largest absolute Gasteiger partial charge is 0.465 e. The van der Waals surface area contributed by atoms with Crippen molar-refractivity contribution in [3.8, 4) is 11.8 Å². The first kappa shape index (κ1) is 26.3. The molecule has 7 nitrogen and oxygen atoms in total. The van der Waals surface area contributed by atoms with Crippen molar-refractivity contribution in [2.24, 2.45) is 0 Å². The standard InChI is InChI=1S/C23H17Cl2F3N4O3S/c1-2-35-20(33)19-21(34,14-3-4-18(13(5-14)9-29)32-12-30-11-31-32)10-22(36-19,23(26,27)28)15-6-16(24)8-17(25)7-15/h3-8,11-12,19,34H,2,10H2,1H3. The average molecular weight is 557 g/mol. The second kappa shape index (κ2) is 9.59. The maximum atomic E-state index is 14.8. The minimum atomic E-state index is -4.93. The van der Waals surface area contributed by atoms with Gasteiger partial charge in [-0.15, -0.1) is 11.8 Å². The lowest BCUT2D eigenvalue weighted by Crippen LogP contribution is -2.42. The molecule has 1 fully saturated rings. The molecule has 0 radical (unpaired) electrons. The molecule has 3 atom stereocenters. The summed E-state index contributed by atoms with van der Waals surface area (Å²) in [5.74, 6) is -1.02. The Morgan fingerprint density at radius 3 is 2.53 bits per heavy atom. The van der Waals surface area contributed by atoms with Crippen molar-refractivity contribution in [2.75, 3.05) is 6.61 Å². The zero-order valence-corrected chi connectivity index (χ0v) is 20.8. The number of carbonyl (C=O) groups excluding carboxylic acids is 1. The molecule has 0 bridgehead atoms. The van der Waals surface area contributed by atoms with E-state index in [1.54, 1.807) is 0 Å². The smallest absolute Gasteiger partial charge is 0.407 e. The fourth-order valence-electron chi connectivity index (χ4n) is 4.24. The Hall–Kier alpha value is -2.78. The molecule has 188 valence electrons. The number of thioether (sulfide) groups is 1. The molecule has 0 saturated carbocycles. The predicted octanol–water partition coefficient (Wildman–Crippen LogP) is 5.16. The molecular weight excluding hydrogens is 540 g/mol. The lowest BCUT2D eigenvalue weighted by molar-refractivity contribution is -0.174. The zero-order chi connectivity index (χ0) is 26.3. The van der Waals surface area contributed by atoms with Crippen LogP contribution < -0.4 is 0 Å². The third kappa shape index (κ3) is 4.43. The first-order valence-corrected chi connectivity index (χ1v) is 12.1. The molecule has 3 aromatic rings. The Morgan fingerprint density at radius 1 is 1.28 bits per heavy atom. The molecule has 0 aliphatic carbocycles. The van der Waals surface area contributed by atoms with Gasteiger partial charge in [-0.05, 0) is 48.4 Å². The number of nitrogens with zero attached hydrogens (tertiary/aromatic N) is 4. The fraction of sp³-hybridized carbons (Fsp3) is 0.304. The van der Waals surface area contributed by atoms with E-state index in [0.29, 0.717) is 5.69 Å². The minimum absolute atomic E-state index is 0.00865. The van der Waals surface area contributed by atoms with Crippen molar-refractivity contribution in [3.63, 3.8) is 0 Å². The third-order valence-corrected chi connectivity index (χ3v) is 8.11. The number of rotatable bonds is 5. The van der Waals surface area contributed by atoms with Crippen LogP contribution in [-0.4, -0.2) is 43.9 Å². The number of nitriles is 1. The van der Waals surface area contributed by atoms with Crippen molar-refractivity contribution in [3.05, 3.63) is 75.8 Å². The van der Waals surface area contributed by atoms with Crippen LogP contribution in [0.1, 0.15) is 30.0 Å². The van der Waals surface area contributed by atoms with E-state index in [1.807, 2.05) is 6.07 Å². The highest BCUT2D eigenvalue weighted by Crippen LogP contribution is 2.65. The van der Waals surface area contributed by atoms with E-state index in [4.69, 9.17) is 27.9 Å². The summed E-state index contributed by atoms with van der Waals surface area (Å²) >= 11 is 12.3. The molecule has 1 N–H and O–H groups in total. The lowest BCUT2D eigenvalue weighted by atomic mass is 9.78. The van der Waals surface area contributed by atoms with Gasteiger partial charge in [0.15, 0.2) is 0 Å². The quantitative estimate of drug-likeness (QED) is 0.433. The van der Waals surface area contributed by atoms with Gasteiger partial charge in [0.1, 0.15) is 34.3 Å². The SMILES string of the molecule is CCOC(=O)C1SC(c2cc(Cl)cc(Cl)c2)(C(F)(F)F)CC1(O)c1ccc(-n2cncn2)c(C#N)c1. The van der Waals surface area contributed by atoms with Crippen LogP contribution >= 0.6 is 35.0 Å². The molecule has 0 amide bonds. The second-order valence-electron chi connectivity index (χ2n) is 8.02. The summed E-state index contributed by atoms with van der Waals surface area (Å²) in [6, 6.07) is 9.45.